The second-order valence-electron chi connectivity index (χ2n) is 9.74. The molecule has 0 radical (unpaired) electrons. The minimum atomic E-state index is -0.913. The summed E-state index contributed by atoms with van der Waals surface area (Å²) in [5, 5.41) is 12.1. The second kappa shape index (κ2) is 12.5. The number of ether oxygens (including phenoxy) is 1. The summed E-state index contributed by atoms with van der Waals surface area (Å²) in [6.07, 6.45) is 4.43. The lowest BCUT2D eigenvalue weighted by atomic mass is 9.88. The maximum absolute atomic E-state index is 12.9. The summed E-state index contributed by atoms with van der Waals surface area (Å²) in [5.74, 6) is 0.524. The van der Waals surface area contributed by atoms with Crippen LogP contribution in [0, 0.1) is 0 Å². The Morgan fingerprint density at radius 2 is 1.43 bits per heavy atom. The molecule has 37 heavy (non-hydrogen) atoms. The molecule has 1 aliphatic rings. The molecular weight excluding hydrogens is 466 g/mol. The van der Waals surface area contributed by atoms with Crippen molar-refractivity contribution in [3.63, 3.8) is 0 Å². The van der Waals surface area contributed by atoms with Gasteiger partial charge >= 0.3 is 5.97 Å². The first-order valence-electron chi connectivity index (χ1n) is 12.7. The van der Waals surface area contributed by atoms with Crippen LogP contribution in [0.4, 0.5) is 5.69 Å². The van der Waals surface area contributed by atoms with Gasteiger partial charge in [0.15, 0.2) is 0 Å². The molecule has 1 aliphatic carbocycles. The minimum Gasteiger partial charge on any atom is -0.478 e. The minimum absolute atomic E-state index is 0.0459. The zero-order valence-corrected chi connectivity index (χ0v) is 21.5. The van der Waals surface area contributed by atoms with E-state index < -0.39 is 5.97 Å². The van der Waals surface area contributed by atoms with E-state index in [0.29, 0.717) is 23.9 Å². The number of nitrogens with zero attached hydrogens (tertiary/aromatic N) is 2. The molecule has 1 unspecified atom stereocenters. The van der Waals surface area contributed by atoms with Crippen molar-refractivity contribution in [3.05, 3.63) is 90.0 Å². The van der Waals surface area contributed by atoms with Gasteiger partial charge in [-0.3, -0.25) is 14.6 Å². The summed E-state index contributed by atoms with van der Waals surface area (Å²) in [5.41, 5.74) is 2.11. The molecular formula is C30H35N3O4. The fourth-order valence-corrected chi connectivity index (χ4v) is 5.05. The number of aromatic carboxylic acids is 1. The first-order valence-corrected chi connectivity index (χ1v) is 12.7. The number of nitrogens with one attached hydrogen (secondary N) is 1. The summed E-state index contributed by atoms with van der Waals surface area (Å²) in [6.45, 7) is 1.04. The zero-order chi connectivity index (χ0) is 26.2. The molecule has 194 valence electrons. The first kappa shape index (κ1) is 26.4. The third kappa shape index (κ3) is 7.41. The molecule has 0 bridgehead atoms. The average molecular weight is 502 g/mol. The third-order valence-corrected chi connectivity index (χ3v) is 6.97. The van der Waals surface area contributed by atoms with Crippen LogP contribution in [0.15, 0.2) is 78.9 Å². The molecule has 1 amide bonds. The number of carboxylic acids is 1. The number of carboxylic acid groups (broad SMARTS) is 1. The molecule has 7 nitrogen and oxygen atoms in total. The molecule has 1 saturated carbocycles. The Morgan fingerprint density at radius 1 is 0.838 bits per heavy atom. The Kier molecular flexibility index (Phi) is 8.93. The van der Waals surface area contributed by atoms with Gasteiger partial charge in [-0.15, -0.1) is 0 Å². The van der Waals surface area contributed by atoms with E-state index in [9.17, 15) is 9.59 Å². The van der Waals surface area contributed by atoms with Crippen LogP contribution in [-0.4, -0.2) is 59.5 Å². The van der Waals surface area contributed by atoms with Crippen LogP contribution in [0.25, 0.3) is 0 Å². The quantitative estimate of drug-likeness (QED) is 0.382. The van der Waals surface area contributed by atoms with Crippen LogP contribution in [0.5, 0.6) is 11.5 Å². The van der Waals surface area contributed by atoms with Gasteiger partial charge in [0.25, 0.3) is 0 Å². The Morgan fingerprint density at radius 3 is 2.05 bits per heavy atom. The summed E-state index contributed by atoms with van der Waals surface area (Å²) in [7, 11) is 4.13. The maximum atomic E-state index is 12.9. The molecule has 7 heteroatoms. The lowest BCUT2D eigenvalue weighted by molar-refractivity contribution is -0.118. The molecule has 0 spiro atoms. The van der Waals surface area contributed by atoms with Gasteiger partial charge in [-0.2, -0.15) is 0 Å². The predicted octanol–water partition coefficient (Wildman–Crippen LogP) is 5.49. The number of benzene rings is 3. The van der Waals surface area contributed by atoms with Crippen molar-refractivity contribution >= 4 is 17.6 Å². The van der Waals surface area contributed by atoms with Gasteiger partial charge in [0.1, 0.15) is 11.5 Å². The van der Waals surface area contributed by atoms with E-state index >= 15 is 0 Å². The van der Waals surface area contributed by atoms with E-state index in [1.165, 1.54) is 6.42 Å². The Balaban J connectivity index is 1.31. The average Bonchev–Trinajstić information content (AvgIpc) is 2.90. The number of rotatable bonds is 10. The highest BCUT2D eigenvalue weighted by Crippen LogP contribution is 2.27. The summed E-state index contributed by atoms with van der Waals surface area (Å²) < 4.78 is 5.82. The van der Waals surface area contributed by atoms with Crippen molar-refractivity contribution in [2.45, 2.75) is 44.3 Å². The predicted molar refractivity (Wildman–Crippen MR) is 145 cm³/mol. The molecule has 4 rings (SSSR count). The van der Waals surface area contributed by atoms with Gasteiger partial charge in [0, 0.05) is 24.3 Å². The number of likely N-dealkylation sites (N-methyl/N-ethyl adjacent to an activating group) is 2. The Hall–Kier alpha value is -3.68. The number of carbonyl (C=O) groups excluding carboxylic acids is 1. The van der Waals surface area contributed by atoms with Crippen molar-refractivity contribution in [2.75, 3.05) is 26.0 Å². The smallest absolute Gasteiger partial charge is 0.335 e. The molecule has 2 atom stereocenters. The topological polar surface area (TPSA) is 82.1 Å². The van der Waals surface area contributed by atoms with Crippen LogP contribution in [-0.2, 0) is 11.3 Å². The second-order valence-corrected chi connectivity index (χ2v) is 9.74. The highest BCUT2D eigenvalue weighted by molar-refractivity contribution is 5.92. The molecule has 3 aromatic carbocycles. The summed E-state index contributed by atoms with van der Waals surface area (Å²) in [6, 6.07) is 24.6. The van der Waals surface area contributed by atoms with Gasteiger partial charge in [0.2, 0.25) is 5.91 Å². The van der Waals surface area contributed by atoms with Gasteiger partial charge < -0.3 is 15.2 Å². The number of hydrogen-bond acceptors (Lipinski definition) is 5. The summed E-state index contributed by atoms with van der Waals surface area (Å²) in [4.78, 5) is 28.5. The van der Waals surface area contributed by atoms with Crippen LogP contribution < -0.4 is 10.1 Å². The van der Waals surface area contributed by atoms with Gasteiger partial charge in [-0.25, -0.2) is 4.79 Å². The lowest BCUT2D eigenvalue weighted by Gasteiger charge is -2.42. The van der Waals surface area contributed by atoms with E-state index in [0.717, 1.165) is 42.8 Å². The maximum Gasteiger partial charge on any atom is 0.335 e. The van der Waals surface area contributed by atoms with E-state index in [-0.39, 0.29) is 11.9 Å². The first-order chi connectivity index (χ1) is 17.9. The van der Waals surface area contributed by atoms with Crippen molar-refractivity contribution in [3.8, 4) is 11.5 Å². The fraction of sp³-hybridized carbons (Fsp3) is 0.333. The standard InChI is InChI=1S/C30H35N3O4/c1-32(20-22-12-14-23(15-13-22)30(35)36)27-10-6-7-11-28(27)33(2)21-29(34)31-24-16-18-26(19-17-24)37-25-8-4-3-5-9-25/h3-5,8-9,12-19,27-28H,6-7,10-11,20-21H2,1-2H3,(H,31,34)(H,35,36)/t27-,28?/m1/s1. The fourth-order valence-electron chi connectivity index (χ4n) is 5.05. The SMILES string of the molecule is CN(CC(=O)Nc1ccc(Oc2ccccc2)cc1)C1CCCC[C@H]1N(C)Cc1ccc(C(=O)O)cc1. The molecule has 0 heterocycles. The van der Waals surface area contributed by atoms with Crippen LogP contribution >= 0.6 is 0 Å². The van der Waals surface area contributed by atoms with E-state index in [4.69, 9.17) is 9.84 Å². The monoisotopic (exact) mass is 501 g/mol. The molecule has 0 aromatic heterocycles. The number of para-hydroxylation sites is 1. The van der Waals surface area contributed by atoms with Gasteiger partial charge in [0.05, 0.1) is 12.1 Å². The van der Waals surface area contributed by atoms with Crippen molar-refractivity contribution < 1.29 is 19.4 Å². The summed E-state index contributed by atoms with van der Waals surface area (Å²) >= 11 is 0. The highest BCUT2D eigenvalue weighted by atomic mass is 16.5. The van der Waals surface area contributed by atoms with Crippen molar-refractivity contribution in [1.29, 1.82) is 0 Å². The largest absolute Gasteiger partial charge is 0.478 e. The van der Waals surface area contributed by atoms with E-state index in [2.05, 4.69) is 22.2 Å². The highest BCUT2D eigenvalue weighted by Gasteiger charge is 2.32. The Labute approximate surface area is 218 Å². The van der Waals surface area contributed by atoms with Crippen molar-refractivity contribution in [2.24, 2.45) is 0 Å². The Bertz CT molecular complexity index is 1170. The lowest BCUT2D eigenvalue weighted by Crippen LogP contribution is -2.52. The molecule has 0 saturated heterocycles. The number of hydrogen-bond donors (Lipinski definition) is 2. The van der Waals surface area contributed by atoms with E-state index in [1.807, 2.05) is 73.8 Å². The third-order valence-electron chi connectivity index (χ3n) is 6.97. The van der Waals surface area contributed by atoms with Gasteiger partial charge in [-0.1, -0.05) is 43.2 Å². The van der Waals surface area contributed by atoms with Crippen LogP contribution in [0.2, 0.25) is 0 Å². The van der Waals surface area contributed by atoms with Crippen molar-refractivity contribution in [1.82, 2.24) is 9.80 Å². The molecule has 1 fully saturated rings. The van der Waals surface area contributed by atoms with E-state index in [1.54, 1.807) is 12.1 Å². The molecule has 2 N–H and O–H groups in total. The molecule has 0 aliphatic heterocycles. The van der Waals surface area contributed by atoms with Crippen LogP contribution in [0.1, 0.15) is 41.6 Å². The molecule has 3 aromatic rings. The normalized spacial score (nSPS) is 17.5. The van der Waals surface area contributed by atoms with Gasteiger partial charge in [-0.05, 0) is 81.0 Å². The van der Waals surface area contributed by atoms with Crippen LogP contribution in [0.3, 0.4) is 0 Å². The number of carbonyl (C=O) groups is 2. The number of anilines is 1. The zero-order valence-electron chi connectivity index (χ0n) is 21.5. The number of amides is 1.